The van der Waals surface area contributed by atoms with Gasteiger partial charge in [0.2, 0.25) is 0 Å². The van der Waals surface area contributed by atoms with Crippen LogP contribution in [0.1, 0.15) is 51.5 Å². The Morgan fingerprint density at radius 1 is 1.32 bits per heavy atom. The number of hydrogen-bond acceptors (Lipinski definition) is 4. The van der Waals surface area contributed by atoms with Crippen LogP contribution in [-0.4, -0.2) is 39.6 Å². The average molecular weight is 353 g/mol. The summed E-state index contributed by atoms with van der Waals surface area (Å²) in [7, 11) is 0. The van der Waals surface area contributed by atoms with Gasteiger partial charge in [-0.1, -0.05) is 12.1 Å². The van der Waals surface area contributed by atoms with Gasteiger partial charge >= 0.3 is 0 Å². The summed E-state index contributed by atoms with van der Waals surface area (Å²) in [6, 6.07) is 9.69. The molecule has 1 unspecified atom stereocenters. The number of carbonyl (C=O) groups is 2. The van der Waals surface area contributed by atoms with Crippen molar-refractivity contribution in [1.82, 2.24) is 14.9 Å². The van der Waals surface area contributed by atoms with Crippen LogP contribution in [0.4, 0.5) is 0 Å². The summed E-state index contributed by atoms with van der Waals surface area (Å²) in [5.74, 6) is 1.18. The van der Waals surface area contributed by atoms with E-state index >= 15 is 0 Å². The normalized spacial score (nSPS) is 17.8. The fourth-order valence-corrected chi connectivity index (χ4v) is 4.15. The van der Waals surface area contributed by atoms with Crippen molar-refractivity contribution in [3.63, 3.8) is 0 Å². The molecule has 5 nitrogen and oxygen atoms in total. The molecule has 25 heavy (non-hydrogen) atoms. The zero-order valence-corrected chi connectivity index (χ0v) is 14.8. The van der Waals surface area contributed by atoms with Crippen LogP contribution >= 0.6 is 11.3 Å². The van der Waals surface area contributed by atoms with Crippen molar-refractivity contribution in [1.29, 1.82) is 0 Å². The Hall–Kier alpha value is -2.47. The summed E-state index contributed by atoms with van der Waals surface area (Å²) in [5, 5.41) is 1.78. The van der Waals surface area contributed by atoms with Crippen LogP contribution in [0.3, 0.4) is 0 Å². The summed E-state index contributed by atoms with van der Waals surface area (Å²) in [4.78, 5) is 34.8. The van der Waals surface area contributed by atoms with Crippen LogP contribution in [0, 0.1) is 0 Å². The number of thiophene rings is 1. The number of nitrogens with one attached hydrogen (secondary N) is 1. The van der Waals surface area contributed by atoms with Crippen molar-refractivity contribution in [3.05, 3.63) is 52.0 Å². The van der Waals surface area contributed by atoms with E-state index in [0.29, 0.717) is 17.0 Å². The Labute approximate surface area is 149 Å². The number of hydrogen-bond donors (Lipinski definition) is 1. The number of imidazole rings is 1. The van der Waals surface area contributed by atoms with Crippen LogP contribution in [0.2, 0.25) is 0 Å². The second kappa shape index (κ2) is 6.44. The molecule has 4 rings (SSSR count). The lowest BCUT2D eigenvalue weighted by Gasteiger charge is -2.31. The van der Waals surface area contributed by atoms with Gasteiger partial charge in [0.15, 0.2) is 5.78 Å². The quantitative estimate of drug-likeness (QED) is 0.728. The highest BCUT2D eigenvalue weighted by molar-refractivity contribution is 7.12. The maximum absolute atomic E-state index is 12.8. The lowest BCUT2D eigenvalue weighted by atomic mass is 9.97. The molecule has 2 aromatic heterocycles. The van der Waals surface area contributed by atoms with E-state index in [1.807, 2.05) is 29.2 Å². The molecular weight excluding hydrogens is 334 g/mol. The number of likely N-dealkylation sites (tertiary alicyclic amines) is 1. The molecule has 6 heteroatoms. The monoisotopic (exact) mass is 353 g/mol. The van der Waals surface area contributed by atoms with Crippen LogP contribution in [0.25, 0.3) is 11.0 Å². The first-order valence-corrected chi connectivity index (χ1v) is 9.33. The molecule has 0 bridgehead atoms. The smallest absolute Gasteiger partial charge is 0.254 e. The summed E-state index contributed by atoms with van der Waals surface area (Å²) < 4.78 is 0. The Morgan fingerprint density at radius 2 is 2.16 bits per heavy atom. The molecule has 0 saturated carbocycles. The van der Waals surface area contributed by atoms with Gasteiger partial charge in [-0.25, -0.2) is 4.98 Å². The first-order chi connectivity index (χ1) is 12.1. The molecule has 1 N–H and O–H groups in total. The van der Waals surface area contributed by atoms with Crippen molar-refractivity contribution in [2.45, 2.75) is 25.7 Å². The highest BCUT2D eigenvalue weighted by atomic mass is 32.1. The molecule has 3 heterocycles. The third-order valence-corrected chi connectivity index (χ3v) is 5.73. The number of nitrogens with zero attached hydrogens (tertiary/aromatic N) is 2. The highest BCUT2D eigenvalue weighted by Crippen LogP contribution is 2.28. The highest BCUT2D eigenvalue weighted by Gasteiger charge is 2.28. The number of ketones is 1. The number of rotatable bonds is 3. The zero-order chi connectivity index (χ0) is 17.4. The van der Waals surface area contributed by atoms with Gasteiger partial charge in [-0.05, 0) is 38.0 Å². The van der Waals surface area contributed by atoms with E-state index < -0.39 is 0 Å². The summed E-state index contributed by atoms with van der Waals surface area (Å²) >= 11 is 1.33. The van der Waals surface area contributed by atoms with E-state index in [4.69, 9.17) is 4.98 Å². The van der Waals surface area contributed by atoms with Crippen LogP contribution in [0.5, 0.6) is 0 Å². The molecule has 0 aliphatic carbocycles. The Bertz CT molecular complexity index is 910. The summed E-state index contributed by atoms with van der Waals surface area (Å²) in [5.41, 5.74) is 2.61. The van der Waals surface area contributed by atoms with Crippen molar-refractivity contribution >= 4 is 34.1 Å². The number of H-pyrrole nitrogens is 1. The number of para-hydroxylation sites is 2. The molecule has 1 fully saturated rings. The fraction of sp³-hybridized carbons (Fsp3) is 0.316. The molecule has 0 spiro atoms. The second-order valence-electron chi connectivity index (χ2n) is 6.49. The third kappa shape index (κ3) is 3.09. The maximum atomic E-state index is 12.8. The predicted octanol–water partition coefficient (Wildman–Crippen LogP) is 3.85. The van der Waals surface area contributed by atoms with Crippen LogP contribution in [0.15, 0.2) is 35.7 Å². The molecule has 0 radical (unpaired) electrons. The van der Waals surface area contributed by atoms with E-state index in [1.54, 1.807) is 11.4 Å². The second-order valence-corrected chi connectivity index (χ2v) is 7.40. The van der Waals surface area contributed by atoms with Gasteiger partial charge in [-0.15, -0.1) is 11.3 Å². The van der Waals surface area contributed by atoms with Gasteiger partial charge in [-0.2, -0.15) is 0 Å². The van der Waals surface area contributed by atoms with Gasteiger partial charge in [0.25, 0.3) is 5.91 Å². The fourth-order valence-electron chi connectivity index (χ4n) is 3.37. The van der Waals surface area contributed by atoms with E-state index in [-0.39, 0.29) is 17.6 Å². The minimum absolute atomic E-state index is 0.00264. The van der Waals surface area contributed by atoms with Crippen molar-refractivity contribution in [3.8, 4) is 0 Å². The Kier molecular flexibility index (Phi) is 4.13. The van der Waals surface area contributed by atoms with Gasteiger partial charge in [-0.3, -0.25) is 9.59 Å². The molecular formula is C19H19N3O2S. The first kappa shape index (κ1) is 16.0. The SMILES string of the molecule is CC(=O)c1cc(C(=O)N2CCCC(c3nc4ccccc4[nH]3)C2)cs1. The number of amides is 1. The first-order valence-electron chi connectivity index (χ1n) is 8.45. The molecule has 3 aromatic rings. The van der Waals surface area contributed by atoms with Gasteiger partial charge in [0.1, 0.15) is 5.82 Å². The number of carbonyl (C=O) groups excluding carboxylic acids is 2. The summed E-state index contributed by atoms with van der Waals surface area (Å²) in [6.07, 6.45) is 1.98. The molecule has 1 amide bonds. The number of fused-ring (bicyclic) bond motifs is 1. The van der Waals surface area contributed by atoms with E-state index in [9.17, 15) is 9.59 Å². The molecule has 1 atom stereocenters. The van der Waals surface area contributed by atoms with Crippen molar-refractivity contribution < 1.29 is 9.59 Å². The molecule has 1 aliphatic heterocycles. The third-order valence-electron chi connectivity index (χ3n) is 4.70. The van der Waals surface area contributed by atoms with Gasteiger partial charge < -0.3 is 9.88 Å². The largest absolute Gasteiger partial charge is 0.342 e. The predicted molar refractivity (Wildman–Crippen MR) is 98.3 cm³/mol. The van der Waals surface area contributed by atoms with Gasteiger partial charge in [0, 0.05) is 24.4 Å². The van der Waals surface area contributed by atoms with Crippen molar-refractivity contribution in [2.24, 2.45) is 0 Å². The number of aromatic amines is 1. The van der Waals surface area contributed by atoms with E-state index in [0.717, 1.165) is 36.2 Å². The van der Waals surface area contributed by atoms with Gasteiger partial charge in [0.05, 0.1) is 21.5 Å². The average Bonchev–Trinajstić information content (AvgIpc) is 3.28. The van der Waals surface area contributed by atoms with Crippen LogP contribution in [-0.2, 0) is 0 Å². The topological polar surface area (TPSA) is 66.1 Å². The van der Waals surface area contributed by atoms with E-state index in [2.05, 4.69) is 4.98 Å². The lowest BCUT2D eigenvalue weighted by molar-refractivity contribution is 0.0705. The molecule has 1 saturated heterocycles. The maximum Gasteiger partial charge on any atom is 0.254 e. The number of Topliss-reactive ketones (excluding diaryl/α,β-unsaturated/α-hetero) is 1. The lowest BCUT2D eigenvalue weighted by Crippen LogP contribution is -2.39. The number of piperidine rings is 1. The molecule has 128 valence electrons. The minimum atomic E-state index is 0.00264. The Balaban J connectivity index is 1.53. The zero-order valence-electron chi connectivity index (χ0n) is 14.0. The van der Waals surface area contributed by atoms with E-state index in [1.165, 1.54) is 18.3 Å². The number of benzene rings is 1. The molecule has 1 aromatic carbocycles. The number of aromatic nitrogens is 2. The Morgan fingerprint density at radius 3 is 2.92 bits per heavy atom. The van der Waals surface area contributed by atoms with Crippen LogP contribution < -0.4 is 0 Å². The standard InChI is InChI=1S/C19H19N3O2S/c1-12(23)17-9-14(11-25-17)19(24)22-8-4-5-13(10-22)18-20-15-6-2-3-7-16(15)21-18/h2-3,6-7,9,11,13H,4-5,8,10H2,1H3,(H,20,21). The van der Waals surface area contributed by atoms with Crippen molar-refractivity contribution in [2.75, 3.05) is 13.1 Å². The minimum Gasteiger partial charge on any atom is -0.342 e. The molecule has 1 aliphatic rings. The summed E-state index contributed by atoms with van der Waals surface area (Å²) in [6.45, 7) is 2.93.